The Balaban J connectivity index is 1.66. The summed E-state index contributed by atoms with van der Waals surface area (Å²) in [5, 5.41) is 7.52. The summed E-state index contributed by atoms with van der Waals surface area (Å²) in [5.74, 6) is 3.39. The third-order valence-corrected chi connectivity index (χ3v) is 6.57. The van der Waals surface area contributed by atoms with Gasteiger partial charge in [-0.1, -0.05) is 24.4 Å². The van der Waals surface area contributed by atoms with Gasteiger partial charge in [0.15, 0.2) is 34.3 Å². The molecule has 0 spiro atoms. The molecule has 1 aliphatic rings. The second-order valence-electron chi connectivity index (χ2n) is 8.75. The lowest BCUT2D eigenvalue weighted by Gasteiger charge is -2.23. The molecule has 1 N–H and O–H groups in total. The second-order valence-corrected chi connectivity index (χ2v) is 8.75. The number of anilines is 2. The number of rotatable bonds is 7. The number of nitrogens with one attached hydrogen (secondary N) is 1. The normalized spacial score (nSPS) is 14.3. The maximum absolute atomic E-state index is 5.52. The first-order valence-electron chi connectivity index (χ1n) is 11.8. The lowest BCUT2D eigenvalue weighted by Crippen LogP contribution is -2.13. The molecule has 0 radical (unpaired) electrons. The van der Waals surface area contributed by atoms with Crippen molar-refractivity contribution < 1.29 is 18.7 Å². The third kappa shape index (κ3) is 4.13. The number of ether oxygens (including phenoxy) is 3. The zero-order valence-electron chi connectivity index (χ0n) is 20.7. The van der Waals surface area contributed by atoms with Gasteiger partial charge < -0.3 is 28.6 Å². The van der Waals surface area contributed by atoms with Crippen LogP contribution >= 0.6 is 0 Å². The second kappa shape index (κ2) is 9.44. The summed E-state index contributed by atoms with van der Waals surface area (Å²) in [6.07, 6.45) is 7.81. The van der Waals surface area contributed by atoms with Gasteiger partial charge in [-0.15, -0.1) is 0 Å². The average molecular weight is 479 g/mol. The van der Waals surface area contributed by atoms with Crippen molar-refractivity contribution in [3.63, 3.8) is 0 Å². The molecular weight excluding hydrogens is 448 g/mol. The molecular formula is C25H30N6O4. The van der Waals surface area contributed by atoms with Gasteiger partial charge in [0.05, 0.1) is 38.9 Å². The van der Waals surface area contributed by atoms with Gasteiger partial charge in [0.2, 0.25) is 5.75 Å². The van der Waals surface area contributed by atoms with Gasteiger partial charge in [0, 0.05) is 23.9 Å². The van der Waals surface area contributed by atoms with Gasteiger partial charge in [-0.2, -0.15) is 0 Å². The minimum Gasteiger partial charge on any atom is -0.493 e. The molecule has 3 aromatic heterocycles. The molecule has 0 amide bonds. The minimum atomic E-state index is 0.371. The summed E-state index contributed by atoms with van der Waals surface area (Å²) >= 11 is 0. The fourth-order valence-electron chi connectivity index (χ4n) is 4.83. The Kier molecular flexibility index (Phi) is 6.19. The highest BCUT2D eigenvalue weighted by atomic mass is 16.5. The van der Waals surface area contributed by atoms with Crippen molar-refractivity contribution in [2.45, 2.75) is 52.0 Å². The molecule has 10 heteroatoms. The third-order valence-electron chi connectivity index (χ3n) is 6.57. The van der Waals surface area contributed by atoms with Gasteiger partial charge in [-0.25, -0.2) is 15.0 Å². The first-order chi connectivity index (χ1) is 17.0. The zero-order valence-corrected chi connectivity index (χ0v) is 20.7. The molecule has 184 valence electrons. The highest BCUT2D eigenvalue weighted by molar-refractivity contribution is 5.88. The van der Waals surface area contributed by atoms with Gasteiger partial charge in [-0.05, 0) is 26.7 Å². The van der Waals surface area contributed by atoms with E-state index in [0.29, 0.717) is 46.2 Å². The van der Waals surface area contributed by atoms with Crippen LogP contribution in [0.2, 0.25) is 0 Å². The van der Waals surface area contributed by atoms with E-state index in [4.69, 9.17) is 33.7 Å². The summed E-state index contributed by atoms with van der Waals surface area (Å²) in [6.45, 7) is 3.76. The van der Waals surface area contributed by atoms with Crippen molar-refractivity contribution in [3.05, 3.63) is 29.9 Å². The smallest absolute Gasteiger partial charge is 0.203 e. The number of nitrogens with zero attached hydrogens (tertiary/aromatic N) is 5. The van der Waals surface area contributed by atoms with E-state index >= 15 is 0 Å². The SMILES string of the molecule is COc1cc(Nc2nc(-c3c(C)noc3C)nc3c2ncn3C2CCCCC2)cc(OC)c1OC. The number of methoxy groups -OCH3 is 3. The highest BCUT2D eigenvalue weighted by Crippen LogP contribution is 2.41. The van der Waals surface area contributed by atoms with Gasteiger partial charge in [-0.3, -0.25) is 0 Å². The number of aromatic nitrogens is 5. The molecule has 0 bridgehead atoms. The molecule has 0 aliphatic heterocycles. The molecule has 1 fully saturated rings. The maximum atomic E-state index is 5.52. The van der Waals surface area contributed by atoms with Crippen LogP contribution < -0.4 is 19.5 Å². The Bertz CT molecular complexity index is 1310. The molecule has 0 unspecified atom stereocenters. The van der Waals surface area contributed by atoms with Crippen LogP contribution in [0.4, 0.5) is 11.5 Å². The Morgan fingerprint density at radius 3 is 2.29 bits per heavy atom. The molecule has 0 atom stereocenters. The molecule has 10 nitrogen and oxygen atoms in total. The van der Waals surface area contributed by atoms with Crippen molar-refractivity contribution in [1.29, 1.82) is 0 Å². The highest BCUT2D eigenvalue weighted by Gasteiger charge is 2.24. The van der Waals surface area contributed by atoms with E-state index in [1.165, 1.54) is 19.3 Å². The monoisotopic (exact) mass is 478 g/mol. The molecule has 1 aliphatic carbocycles. The molecule has 35 heavy (non-hydrogen) atoms. The van der Waals surface area contributed by atoms with E-state index in [0.717, 1.165) is 35.4 Å². The number of benzene rings is 1. The van der Waals surface area contributed by atoms with E-state index in [2.05, 4.69) is 15.0 Å². The predicted molar refractivity (Wildman–Crippen MR) is 132 cm³/mol. The summed E-state index contributed by atoms with van der Waals surface area (Å²) in [4.78, 5) is 14.5. The lowest BCUT2D eigenvalue weighted by molar-refractivity contribution is 0.324. The zero-order chi connectivity index (χ0) is 24.5. The standard InChI is InChI=1S/C25H30N6O4/c1-14-20(15(2)35-30-14)23-28-24(27-16-11-18(32-3)22(34-5)19(12-16)33-4)21-25(29-23)31(13-26-21)17-9-7-6-8-10-17/h11-13,17H,6-10H2,1-5H3,(H,27,28,29). The predicted octanol–water partition coefficient (Wildman–Crippen LogP) is 5.37. The quantitative estimate of drug-likeness (QED) is 0.375. The van der Waals surface area contributed by atoms with Crippen molar-refractivity contribution in [2.75, 3.05) is 26.6 Å². The molecule has 1 saturated carbocycles. The largest absolute Gasteiger partial charge is 0.493 e. The van der Waals surface area contributed by atoms with Crippen molar-refractivity contribution >= 4 is 22.7 Å². The molecule has 1 aromatic carbocycles. The van der Waals surface area contributed by atoms with Crippen LogP contribution in [0.1, 0.15) is 49.6 Å². The maximum Gasteiger partial charge on any atom is 0.203 e. The summed E-state index contributed by atoms with van der Waals surface area (Å²) in [6, 6.07) is 4.04. The van der Waals surface area contributed by atoms with Crippen LogP contribution in [0, 0.1) is 13.8 Å². The average Bonchev–Trinajstić information content (AvgIpc) is 3.46. The van der Waals surface area contributed by atoms with E-state index in [1.807, 2.05) is 32.3 Å². The Morgan fingerprint density at radius 1 is 0.971 bits per heavy atom. The Labute approximate surface area is 203 Å². The van der Waals surface area contributed by atoms with Crippen molar-refractivity contribution in [3.8, 4) is 28.6 Å². The van der Waals surface area contributed by atoms with E-state index < -0.39 is 0 Å². The van der Waals surface area contributed by atoms with Crippen LogP contribution in [0.25, 0.3) is 22.6 Å². The Morgan fingerprint density at radius 2 is 1.69 bits per heavy atom. The van der Waals surface area contributed by atoms with Crippen LogP contribution in [0.15, 0.2) is 23.0 Å². The van der Waals surface area contributed by atoms with Crippen LogP contribution in [0.3, 0.4) is 0 Å². The molecule has 5 rings (SSSR count). The summed E-state index contributed by atoms with van der Waals surface area (Å²) in [7, 11) is 4.76. The first-order valence-corrected chi connectivity index (χ1v) is 11.8. The molecule has 3 heterocycles. The first kappa shape index (κ1) is 22.9. The van der Waals surface area contributed by atoms with E-state index in [1.54, 1.807) is 21.3 Å². The fraction of sp³-hybridized carbons (Fsp3) is 0.440. The lowest BCUT2D eigenvalue weighted by atomic mass is 9.95. The van der Waals surface area contributed by atoms with E-state index in [-0.39, 0.29) is 0 Å². The summed E-state index contributed by atoms with van der Waals surface area (Å²) in [5.41, 5.74) is 3.73. The van der Waals surface area contributed by atoms with Crippen molar-refractivity contribution in [1.82, 2.24) is 24.7 Å². The van der Waals surface area contributed by atoms with Gasteiger partial charge >= 0.3 is 0 Å². The Hall–Kier alpha value is -3.82. The molecule has 4 aromatic rings. The number of hydrogen-bond acceptors (Lipinski definition) is 9. The minimum absolute atomic E-state index is 0.371. The number of hydrogen-bond donors (Lipinski definition) is 1. The topological polar surface area (TPSA) is 109 Å². The van der Waals surface area contributed by atoms with Gasteiger partial charge in [0.1, 0.15) is 5.76 Å². The van der Waals surface area contributed by atoms with Crippen molar-refractivity contribution in [2.24, 2.45) is 0 Å². The van der Waals surface area contributed by atoms with Crippen LogP contribution in [-0.4, -0.2) is 46.0 Å². The van der Waals surface area contributed by atoms with Gasteiger partial charge in [0.25, 0.3) is 0 Å². The molecule has 0 saturated heterocycles. The van der Waals surface area contributed by atoms with E-state index in [9.17, 15) is 0 Å². The number of fused-ring (bicyclic) bond motifs is 1. The number of imidazole rings is 1. The van der Waals surface area contributed by atoms with Crippen LogP contribution in [0.5, 0.6) is 17.2 Å². The summed E-state index contributed by atoms with van der Waals surface area (Å²) < 4.78 is 24.1. The van der Waals surface area contributed by atoms with Crippen LogP contribution in [-0.2, 0) is 0 Å². The number of aryl methyl sites for hydroxylation is 2. The fourth-order valence-corrected chi connectivity index (χ4v) is 4.83.